The molecule has 2 aromatic rings. The smallest absolute Gasteiger partial charge is 0.140 e. The van der Waals surface area contributed by atoms with Gasteiger partial charge in [0.05, 0.1) is 6.61 Å². The van der Waals surface area contributed by atoms with Crippen LogP contribution in [0.25, 0.3) is 11.0 Å². The number of nitrogens with one attached hydrogen (secondary N) is 1. The maximum absolute atomic E-state index is 5.43. The molecule has 0 spiro atoms. The quantitative estimate of drug-likeness (QED) is 0.742. The molecule has 1 N–H and O–H groups in total. The summed E-state index contributed by atoms with van der Waals surface area (Å²) in [6.07, 6.45) is 5.20. The zero-order valence-electron chi connectivity index (χ0n) is 11.9. The van der Waals surface area contributed by atoms with Gasteiger partial charge in [0.15, 0.2) is 0 Å². The van der Waals surface area contributed by atoms with Crippen LogP contribution in [0.1, 0.15) is 25.8 Å². The summed E-state index contributed by atoms with van der Waals surface area (Å²) in [5, 5.41) is 4.69. The van der Waals surface area contributed by atoms with Crippen molar-refractivity contribution >= 4 is 11.0 Å². The molecule has 2 aromatic heterocycles. The Labute approximate surface area is 114 Å². The number of hydrogen-bond acceptors (Lipinski definition) is 3. The molecule has 0 amide bonds. The van der Waals surface area contributed by atoms with Crippen LogP contribution in [-0.4, -0.2) is 29.3 Å². The first-order valence-electron chi connectivity index (χ1n) is 7.08. The molecule has 19 heavy (non-hydrogen) atoms. The third-order valence-corrected chi connectivity index (χ3v) is 3.14. The Hall–Kier alpha value is -1.39. The first-order valence-corrected chi connectivity index (χ1v) is 7.08. The van der Waals surface area contributed by atoms with E-state index in [4.69, 9.17) is 4.74 Å². The maximum atomic E-state index is 5.43. The summed E-state index contributed by atoms with van der Waals surface area (Å²) in [4.78, 5) is 4.49. The number of rotatable bonds is 8. The van der Waals surface area contributed by atoms with E-state index in [2.05, 4.69) is 34.1 Å². The van der Waals surface area contributed by atoms with E-state index in [1.54, 1.807) is 0 Å². The van der Waals surface area contributed by atoms with Gasteiger partial charge in [-0.2, -0.15) is 0 Å². The van der Waals surface area contributed by atoms with Crippen LogP contribution < -0.4 is 5.32 Å². The molecule has 0 bridgehead atoms. The summed E-state index contributed by atoms with van der Waals surface area (Å²) >= 11 is 0. The Morgan fingerprint density at radius 1 is 1.37 bits per heavy atom. The molecule has 2 heterocycles. The predicted octanol–water partition coefficient (Wildman–Crippen LogP) is 2.57. The van der Waals surface area contributed by atoms with E-state index in [0.717, 1.165) is 44.9 Å². The normalized spacial score (nSPS) is 11.3. The van der Waals surface area contributed by atoms with Crippen LogP contribution in [-0.2, 0) is 17.8 Å². The molecule has 0 saturated heterocycles. The van der Waals surface area contributed by atoms with Crippen LogP contribution >= 0.6 is 0 Å². The van der Waals surface area contributed by atoms with Crippen LogP contribution in [0.3, 0.4) is 0 Å². The van der Waals surface area contributed by atoms with Crippen LogP contribution in [0.2, 0.25) is 0 Å². The van der Waals surface area contributed by atoms with Gasteiger partial charge < -0.3 is 14.6 Å². The highest BCUT2D eigenvalue weighted by atomic mass is 16.5. The number of pyridine rings is 1. The number of fused-ring (bicyclic) bond motifs is 1. The Kier molecular flexibility index (Phi) is 5.36. The number of nitrogens with zero attached hydrogens (tertiary/aromatic N) is 2. The van der Waals surface area contributed by atoms with Crippen molar-refractivity contribution in [3.05, 3.63) is 30.1 Å². The highest BCUT2D eigenvalue weighted by Crippen LogP contribution is 2.19. The van der Waals surface area contributed by atoms with Crippen molar-refractivity contribution in [2.24, 2.45) is 0 Å². The lowest BCUT2D eigenvalue weighted by molar-refractivity contribution is 0.140. The third-order valence-electron chi connectivity index (χ3n) is 3.14. The van der Waals surface area contributed by atoms with Gasteiger partial charge >= 0.3 is 0 Å². The summed E-state index contributed by atoms with van der Waals surface area (Å²) in [6, 6.07) is 4.14. The minimum atomic E-state index is 0.735. The summed E-state index contributed by atoms with van der Waals surface area (Å²) in [5.41, 5.74) is 2.36. The van der Waals surface area contributed by atoms with Gasteiger partial charge in [-0.05, 0) is 37.6 Å². The van der Waals surface area contributed by atoms with Crippen LogP contribution in [0.15, 0.2) is 24.5 Å². The monoisotopic (exact) mass is 261 g/mol. The highest BCUT2D eigenvalue weighted by Gasteiger charge is 2.08. The Morgan fingerprint density at radius 3 is 3.05 bits per heavy atom. The first-order chi connectivity index (χ1) is 9.36. The van der Waals surface area contributed by atoms with Gasteiger partial charge in [0, 0.05) is 37.5 Å². The molecule has 104 valence electrons. The molecule has 0 fully saturated rings. The zero-order chi connectivity index (χ0) is 13.5. The Balaban J connectivity index is 2.16. The standard InChI is InChI=1S/C15H23N3O/c1-3-7-16-11-13-12-18(9-10-19-4-2)15-14(13)6-5-8-17-15/h5-6,8,12,16H,3-4,7,9-11H2,1-2H3. The lowest BCUT2D eigenvalue weighted by Crippen LogP contribution is -2.13. The van der Waals surface area contributed by atoms with Crippen molar-refractivity contribution in [3.63, 3.8) is 0 Å². The summed E-state index contributed by atoms with van der Waals surface area (Å²) in [7, 11) is 0. The molecule has 4 nitrogen and oxygen atoms in total. The van der Waals surface area contributed by atoms with E-state index in [0.29, 0.717) is 0 Å². The van der Waals surface area contributed by atoms with Gasteiger partial charge in [-0.15, -0.1) is 0 Å². The second kappa shape index (κ2) is 7.26. The van der Waals surface area contributed by atoms with Crippen molar-refractivity contribution in [2.45, 2.75) is 33.4 Å². The van der Waals surface area contributed by atoms with Crippen LogP contribution in [0, 0.1) is 0 Å². The largest absolute Gasteiger partial charge is 0.380 e. The van der Waals surface area contributed by atoms with Gasteiger partial charge in [-0.1, -0.05) is 6.92 Å². The molecule has 0 aliphatic heterocycles. The fraction of sp³-hybridized carbons (Fsp3) is 0.533. The van der Waals surface area contributed by atoms with E-state index < -0.39 is 0 Å². The molecule has 4 heteroatoms. The van der Waals surface area contributed by atoms with E-state index in [-0.39, 0.29) is 0 Å². The second-order valence-electron chi connectivity index (χ2n) is 4.60. The minimum absolute atomic E-state index is 0.735. The van der Waals surface area contributed by atoms with Crippen LogP contribution in [0.5, 0.6) is 0 Å². The van der Waals surface area contributed by atoms with Gasteiger partial charge in [-0.3, -0.25) is 0 Å². The molecule has 0 unspecified atom stereocenters. The second-order valence-corrected chi connectivity index (χ2v) is 4.60. The van der Waals surface area contributed by atoms with Gasteiger partial charge in [0.25, 0.3) is 0 Å². The Morgan fingerprint density at radius 2 is 2.26 bits per heavy atom. The van der Waals surface area contributed by atoms with Crippen molar-refractivity contribution in [2.75, 3.05) is 19.8 Å². The van der Waals surface area contributed by atoms with Crippen LogP contribution in [0.4, 0.5) is 0 Å². The zero-order valence-corrected chi connectivity index (χ0v) is 11.9. The van der Waals surface area contributed by atoms with E-state index in [1.807, 2.05) is 19.2 Å². The topological polar surface area (TPSA) is 39.1 Å². The lowest BCUT2D eigenvalue weighted by Gasteiger charge is -2.04. The van der Waals surface area contributed by atoms with Crippen molar-refractivity contribution in [1.29, 1.82) is 0 Å². The first kappa shape index (κ1) is 14.0. The lowest BCUT2D eigenvalue weighted by atomic mass is 10.2. The van der Waals surface area contributed by atoms with E-state index in [9.17, 15) is 0 Å². The number of ether oxygens (including phenoxy) is 1. The molecular weight excluding hydrogens is 238 g/mol. The highest BCUT2D eigenvalue weighted by molar-refractivity contribution is 5.80. The van der Waals surface area contributed by atoms with Gasteiger partial charge in [0.2, 0.25) is 0 Å². The van der Waals surface area contributed by atoms with Gasteiger partial charge in [-0.25, -0.2) is 4.98 Å². The molecule has 0 radical (unpaired) electrons. The molecular formula is C15H23N3O. The van der Waals surface area contributed by atoms with Crippen molar-refractivity contribution in [1.82, 2.24) is 14.9 Å². The molecule has 0 atom stereocenters. The summed E-state index contributed by atoms with van der Waals surface area (Å²) < 4.78 is 7.62. The molecule has 0 aliphatic carbocycles. The number of aromatic nitrogens is 2. The summed E-state index contributed by atoms with van der Waals surface area (Å²) in [6.45, 7) is 8.50. The van der Waals surface area contributed by atoms with Crippen molar-refractivity contribution < 1.29 is 4.74 Å². The third kappa shape index (κ3) is 3.55. The average molecular weight is 261 g/mol. The number of hydrogen-bond donors (Lipinski definition) is 1. The van der Waals surface area contributed by atoms with E-state index >= 15 is 0 Å². The fourth-order valence-electron chi connectivity index (χ4n) is 2.21. The average Bonchev–Trinajstić information content (AvgIpc) is 2.79. The predicted molar refractivity (Wildman–Crippen MR) is 78.2 cm³/mol. The molecule has 0 aliphatic rings. The molecule has 2 rings (SSSR count). The fourth-order valence-corrected chi connectivity index (χ4v) is 2.21. The Bertz CT molecular complexity index is 463. The minimum Gasteiger partial charge on any atom is -0.380 e. The summed E-state index contributed by atoms with van der Waals surface area (Å²) in [5.74, 6) is 0. The molecule has 0 saturated carbocycles. The van der Waals surface area contributed by atoms with Gasteiger partial charge in [0.1, 0.15) is 5.65 Å². The van der Waals surface area contributed by atoms with E-state index in [1.165, 1.54) is 10.9 Å². The SMILES string of the molecule is CCCNCc1cn(CCOCC)c2ncccc12. The van der Waals surface area contributed by atoms with Crippen molar-refractivity contribution in [3.8, 4) is 0 Å². The molecule has 0 aromatic carbocycles. The maximum Gasteiger partial charge on any atom is 0.140 e.